The van der Waals surface area contributed by atoms with E-state index >= 15 is 0 Å². The highest BCUT2D eigenvalue weighted by molar-refractivity contribution is 7.59. The number of aliphatic carboxylic acids is 1. The third-order valence-electron chi connectivity index (χ3n) is 5.36. The smallest absolute Gasteiger partial charge is 0.326 e. The molecule has 0 aliphatic carbocycles. The molecule has 0 fully saturated rings. The molecule has 0 aromatic heterocycles. The molecular formula is C24H31N2O7P. The maximum Gasteiger partial charge on any atom is 0.326 e. The number of benzene rings is 2. The number of carboxylic acid groups (broad SMARTS) is 1. The van der Waals surface area contributed by atoms with Crippen LogP contribution in [0.1, 0.15) is 36.2 Å². The Hall–Kier alpha value is -3.00. The lowest BCUT2D eigenvalue weighted by molar-refractivity contribution is -0.142. The van der Waals surface area contributed by atoms with Gasteiger partial charge in [0.05, 0.1) is 0 Å². The molecule has 0 bridgehead atoms. The fourth-order valence-corrected chi connectivity index (χ4v) is 5.27. The Labute approximate surface area is 198 Å². The van der Waals surface area contributed by atoms with Crippen LogP contribution >= 0.6 is 7.37 Å². The number of hydrogen-bond acceptors (Lipinski definition) is 6. The topological polar surface area (TPSA) is 167 Å². The van der Waals surface area contributed by atoms with Gasteiger partial charge >= 0.3 is 5.97 Å². The number of hydrogen-bond donors (Lipinski definition) is 5. The fraction of sp³-hybridized carbons (Fsp3) is 0.375. The number of nitrogens with two attached hydrogens (primary N) is 1. The summed E-state index contributed by atoms with van der Waals surface area (Å²) in [5.41, 5.74) is 6.63. The van der Waals surface area contributed by atoms with E-state index in [1.807, 2.05) is 13.8 Å². The molecule has 0 aliphatic rings. The molecule has 0 heterocycles. The number of carbonyl (C=O) groups is 3. The normalized spacial score (nSPS) is 15.7. The van der Waals surface area contributed by atoms with Gasteiger partial charge in [0.2, 0.25) is 13.3 Å². The standard InChI is InChI=1S/C24H31N2O7P/c1-15(2)12-18(14-34(32,33)22(25)21(28)17-6-4-3-5-7-17)23(29)26-20(24(30)31)13-16-8-10-19(27)11-9-16/h3-11,15,18,20,22,27H,12-14,25H2,1-2H3,(H,26,29)(H,30,31)(H,32,33)/t18?,20-,22?/m0/s1. The number of amides is 1. The predicted molar refractivity (Wildman–Crippen MR) is 128 cm³/mol. The number of aromatic hydroxyl groups is 1. The summed E-state index contributed by atoms with van der Waals surface area (Å²) >= 11 is 0. The zero-order valence-electron chi connectivity index (χ0n) is 19.1. The number of Topliss-reactive ketones (excluding diaryl/α,β-unsaturated/α-hetero) is 1. The SMILES string of the molecule is CC(C)CC(CP(=O)(O)C(N)C(=O)c1ccccc1)C(=O)N[C@@H](Cc1ccc(O)cc1)C(=O)O. The minimum absolute atomic E-state index is 0.0248. The highest BCUT2D eigenvalue weighted by Gasteiger charge is 2.39. The summed E-state index contributed by atoms with van der Waals surface area (Å²) in [4.78, 5) is 48.0. The Kier molecular flexibility index (Phi) is 9.55. The van der Waals surface area contributed by atoms with Crippen LogP contribution in [0, 0.1) is 11.8 Å². The van der Waals surface area contributed by atoms with E-state index in [4.69, 9.17) is 5.73 Å². The van der Waals surface area contributed by atoms with Crippen molar-refractivity contribution < 1.29 is 34.1 Å². The lowest BCUT2D eigenvalue weighted by Crippen LogP contribution is -2.46. The summed E-state index contributed by atoms with van der Waals surface area (Å²) in [6.07, 6.45) is -0.394. The first-order valence-electron chi connectivity index (χ1n) is 10.9. The highest BCUT2D eigenvalue weighted by atomic mass is 31.2. The van der Waals surface area contributed by atoms with Crippen LogP contribution in [0.3, 0.4) is 0 Å². The van der Waals surface area contributed by atoms with Gasteiger partial charge in [-0.25, -0.2) is 4.79 Å². The van der Waals surface area contributed by atoms with Crippen molar-refractivity contribution in [3.05, 3.63) is 65.7 Å². The van der Waals surface area contributed by atoms with Gasteiger partial charge in [0.15, 0.2) is 5.78 Å². The Morgan fingerprint density at radius 3 is 2.15 bits per heavy atom. The largest absolute Gasteiger partial charge is 0.508 e. The van der Waals surface area contributed by atoms with Gasteiger partial charge in [-0.05, 0) is 30.0 Å². The van der Waals surface area contributed by atoms with E-state index in [1.165, 1.54) is 24.3 Å². The van der Waals surface area contributed by atoms with Crippen molar-refractivity contribution in [2.75, 3.05) is 6.16 Å². The van der Waals surface area contributed by atoms with Crippen molar-refractivity contribution in [1.29, 1.82) is 0 Å². The summed E-state index contributed by atoms with van der Waals surface area (Å²) in [6.45, 7) is 3.64. The first kappa shape index (κ1) is 27.2. The van der Waals surface area contributed by atoms with E-state index in [1.54, 1.807) is 30.3 Å². The summed E-state index contributed by atoms with van der Waals surface area (Å²) in [6, 6.07) is 12.5. The van der Waals surface area contributed by atoms with Crippen LogP contribution in [0.2, 0.25) is 0 Å². The van der Waals surface area contributed by atoms with E-state index in [0.717, 1.165) is 0 Å². The molecule has 10 heteroatoms. The molecule has 184 valence electrons. The van der Waals surface area contributed by atoms with Crippen LogP contribution < -0.4 is 11.1 Å². The van der Waals surface area contributed by atoms with Gasteiger partial charge in [-0.2, -0.15) is 0 Å². The zero-order chi connectivity index (χ0) is 25.5. The molecule has 9 nitrogen and oxygen atoms in total. The van der Waals surface area contributed by atoms with E-state index in [0.29, 0.717) is 5.56 Å². The Bertz CT molecular complexity index is 1040. The molecule has 0 saturated heterocycles. The van der Waals surface area contributed by atoms with Crippen molar-refractivity contribution in [1.82, 2.24) is 5.32 Å². The monoisotopic (exact) mass is 490 g/mol. The van der Waals surface area contributed by atoms with Gasteiger partial charge in [-0.15, -0.1) is 0 Å². The van der Waals surface area contributed by atoms with Gasteiger partial charge in [0.1, 0.15) is 17.6 Å². The quantitative estimate of drug-likeness (QED) is 0.224. The molecule has 0 aliphatic heterocycles. The van der Waals surface area contributed by atoms with Crippen LogP contribution in [-0.2, 0) is 20.6 Å². The Morgan fingerprint density at radius 2 is 1.62 bits per heavy atom. The first-order chi connectivity index (χ1) is 15.9. The number of carboxylic acids is 1. The molecule has 6 N–H and O–H groups in total. The van der Waals surface area contributed by atoms with Crippen molar-refractivity contribution in [2.45, 2.75) is 38.5 Å². The minimum atomic E-state index is -4.32. The zero-order valence-corrected chi connectivity index (χ0v) is 20.0. The number of phenolic OH excluding ortho intramolecular Hbond substituents is 1. The van der Waals surface area contributed by atoms with Gasteiger partial charge in [-0.3, -0.25) is 14.2 Å². The average molecular weight is 490 g/mol. The molecule has 34 heavy (non-hydrogen) atoms. The summed E-state index contributed by atoms with van der Waals surface area (Å²) < 4.78 is 13.1. The predicted octanol–water partition coefficient (Wildman–Crippen LogP) is 2.60. The van der Waals surface area contributed by atoms with E-state index in [9.17, 15) is 34.1 Å². The van der Waals surface area contributed by atoms with Gasteiger partial charge in [0.25, 0.3) is 0 Å². The second-order valence-electron chi connectivity index (χ2n) is 8.71. The van der Waals surface area contributed by atoms with Crippen LogP contribution in [-0.4, -0.2) is 50.8 Å². The number of nitrogens with one attached hydrogen (secondary N) is 1. The lowest BCUT2D eigenvalue weighted by Gasteiger charge is -2.26. The van der Waals surface area contributed by atoms with E-state index in [2.05, 4.69) is 5.32 Å². The summed E-state index contributed by atoms with van der Waals surface area (Å²) in [5, 5.41) is 21.4. The molecule has 4 atom stereocenters. The minimum Gasteiger partial charge on any atom is -0.508 e. The number of ketones is 1. The van der Waals surface area contributed by atoms with Crippen LogP contribution in [0.5, 0.6) is 5.75 Å². The molecule has 3 unspecified atom stereocenters. The first-order valence-corrected chi connectivity index (χ1v) is 12.8. The highest BCUT2D eigenvalue weighted by Crippen LogP contribution is 2.47. The summed E-state index contributed by atoms with van der Waals surface area (Å²) in [5.74, 6) is -5.42. The third-order valence-corrected chi connectivity index (χ3v) is 7.43. The van der Waals surface area contributed by atoms with Crippen LogP contribution in [0.4, 0.5) is 0 Å². The Morgan fingerprint density at radius 1 is 1.03 bits per heavy atom. The Balaban J connectivity index is 2.18. The molecule has 0 saturated carbocycles. The maximum absolute atomic E-state index is 13.1. The van der Waals surface area contributed by atoms with Crippen LogP contribution in [0.25, 0.3) is 0 Å². The number of phenols is 1. The molecular weight excluding hydrogens is 459 g/mol. The molecule has 0 radical (unpaired) electrons. The van der Waals surface area contributed by atoms with Crippen molar-refractivity contribution in [3.63, 3.8) is 0 Å². The fourth-order valence-electron chi connectivity index (χ4n) is 3.58. The molecule has 2 aromatic carbocycles. The van der Waals surface area contributed by atoms with Gasteiger partial charge in [0, 0.05) is 24.1 Å². The molecule has 2 aromatic rings. The van der Waals surface area contributed by atoms with Crippen molar-refractivity contribution >= 4 is 25.0 Å². The maximum atomic E-state index is 13.1. The van der Waals surface area contributed by atoms with Crippen LogP contribution in [0.15, 0.2) is 54.6 Å². The second-order valence-corrected chi connectivity index (χ2v) is 11.1. The van der Waals surface area contributed by atoms with Crippen molar-refractivity contribution in [2.24, 2.45) is 17.6 Å². The number of carbonyl (C=O) groups excluding carboxylic acids is 2. The average Bonchev–Trinajstić information content (AvgIpc) is 2.78. The third kappa shape index (κ3) is 7.80. The van der Waals surface area contributed by atoms with E-state index in [-0.39, 0.29) is 30.1 Å². The molecule has 0 spiro atoms. The van der Waals surface area contributed by atoms with Gasteiger partial charge in [-0.1, -0.05) is 56.3 Å². The van der Waals surface area contributed by atoms with Gasteiger partial charge < -0.3 is 26.2 Å². The lowest BCUT2D eigenvalue weighted by atomic mass is 9.97. The van der Waals surface area contributed by atoms with Crippen molar-refractivity contribution in [3.8, 4) is 5.75 Å². The second kappa shape index (κ2) is 11.9. The summed E-state index contributed by atoms with van der Waals surface area (Å²) in [7, 11) is -4.32. The molecule has 1 amide bonds. The number of rotatable bonds is 12. The molecule has 2 rings (SSSR count). The van der Waals surface area contributed by atoms with E-state index < -0.39 is 48.9 Å².